The first kappa shape index (κ1) is 14.4. The Morgan fingerprint density at radius 1 is 1.21 bits per heavy atom. The van der Waals surface area contributed by atoms with E-state index in [1.807, 2.05) is 31.2 Å². The number of nitrogens with one attached hydrogen (secondary N) is 1. The molecule has 0 bridgehead atoms. The van der Waals surface area contributed by atoms with Crippen LogP contribution in [0.15, 0.2) is 36.4 Å². The van der Waals surface area contributed by atoms with Gasteiger partial charge in [-0.25, -0.2) is 0 Å². The summed E-state index contributed by atoms with van der Waals surface area (Å²) >= 11 is 7.66. The van der Waals surface area contributed by atoms with Gasteiger partial charge in [-0.15, -0.1) is 11.3 Å². The highest BCUT2D eigenvalue weighted by atomic mass is 35.5. The van der Waals surface area contributed by atoms with Crippen molar-refractivity contribution in [1.82, 2.24) is 5.32 Å². The predicted molar refractivity (Wildman–Crippen MR) is 82.5 cm³/mol. The molecule has 0 amide bonds. The van der Waals surface area contributed by atoms with E-state index in [0.717, 1.165) is 22.2 Å². The third-order valence-corrected chi connectivity index (χ3v) is 4.11. The number of hydrogen-bond donors (Lipinski definition) is 1. The van der Waals surface area contributed by atoms with Crippen molar-refractivity contribution in [3.63, 3.8) is 0 Å². The standard InChI is InChI=1S/C15H18ClNOS/c1-3-17-15(13-9-10-14(16)19-13)11-7-5-6-8-12(11)18-4-2/h5-10,15,17H,3-4H2,1-2H3. The van der Waals surface area contributed by atoms with Gasteiger partial charge >= 0.3 is 0 Å². The van der Waals surface area contributed by atoms with Crippen molar-refractivity contribution in [3.05, 3.63) is 51.2 Å². The topological polar surface area (TPSA) is 21.3 Å². The average Bonchev–Trinajstić information content (AvgIpc) is 2.84. The Balaban J connectivity index is 2.38. The van der Waals surface area contributed by atoms with Crippen molar-refractivity contribution in [3.8, 4) is 5.75 Å². The zero-order valence-electron chi connectivity index (χ0n) is 11.2. The van der Waals surface area contributed by atoms with Crippen LogP contribution in [-0.4, -0.2) is 13.2 Å². The summed E-state index contributed by atoms with van der Waals surface area (Å²) < 4.78 is 6.54. The van der Waals surface area contributed by atoms with E-state index in [4.69, 9.17) is 16.3 Å². The fourth-order valence-electron chi connectivity index (χ4n) is 2.06. The number of ether oxygens (including phenoxy) is 1. The number of hydrogen-bond acceptors (Lipinski definition) is 3. The second-order valence-corrected chi connectivity index (χ2v) is 5.85. The second kappa shape index (κ2) is 6.94. The van der Waals surface area contributed by atoms with Gasteiger partial charge in [0.1, 0.15) is 5.75 Å². The maximum Gasteiger partial charge on any atom is 0.124 e. The third kappa shape index (κ3) is 3.50. The Kier molecular flexibility index (Phi) is 5.25. The highest BCUT2D eigenvalue weighted by Gasteiger charge is 2.18. The average molecular weight is 296 g/mol. The molecule has 1 atom stereocenters. The normalized spacial score (nSPS) is 12.4. The summed E-state index contributed by atoms with van der Waals surface area (Å²) in [6.45, 7) is 5.66. The van der Waals surface area contributed by atoms with E-state index in [9.17, 15) is 0 Å². The molecule has 1 aromatic carbocycles. The van der Waals surface area contributed by atoms with Crippen LogP contribution in [0.5, 0.6) is 5.75 Å². The first-order chi connectivity index (χ1) is 9.26. The maximum absolute atomic E-state index is 6.05. The lowest BCUT2D eigenvalue weighted by molar-refractivity contribution is 0.334. The lowest BCUT2D eigenvalue weighted by atomic mass is 10.0. The Hall–Kier alpha value is -1.03. The van der Waals surface area contributed by atoms with E-state index in [2.05, 4.69) is 24.4 Å². The van der Waals surface area contributed by atoms with Crippen LogP contribution in [-0.2, 0) is 0 Å². The van der Waals surface area contributed by atoms with Crippen LogP contribution in [0.4, 0.5) is 0 Å². The van der Waals surface area contributed by atoms with Gasteiger partial charge in [0.05, 0.1) is 17.0 Å². The van der Waals surface area contributed by atoms with Crippen molar-refractivity contribution in [2.75, 3.05) is 13.2 Å². The molecule has 0 saturated carbocycles. The van der Waals surface area contributed by atoms with E-state index in [1.165, 1.54) is 4.88 Å². The summed E-state index contributed by atoms with van der Waals surface area (Å²) in [4.78, 5) is 1.21. The van der Waals surface area contributed by atoms with E-state index in [0.29, 0.717) is 6.61 Å². The van der Waals surface area contributed by atoms with Crippen LogP contribution in [0.25, 0.3) is 0 Å². The highest BCUT2D eigenvalue weighted by molar-refractivity contribution is 7.16. The van der Waals surface area contributed by atoms with E-state index >= 15 is 0 Å². The predicted octanol–water partition coefficient (Wildman–Crippen LogP) is 4.50. The van der Waals surface area contributed by atoms with Crippen LogP contribution in [0.1, 0.15) is 30.3 Å². The quantitative estimate of drug-likeness (QED) is 0.847. The minimum Gasteiger partial charge on any atom is -0.494 e. The van der Waals surface area contributed by atoms with Crippen LogP contribution in [0.3, 0.4) is 0 Å². The third-order valence-electron chi connectivity index (χ3n) is 2.82. The Morgan fingerprint density at radius 3 is 2.63 bits per heavy atom. The highest BCUT2D eigenvalue weighted by Crippen LogP contribution is 2.35. The van der Waals surface area contributed by atoms with Crippen molar-refractivity contribution < 1.29 is 4.74 Å². The van der Waals surface area contributed by atoms with Gasteiger partial charge < -0.3 is 10.1 Å². The molecule has 102 valence electrons. The monoisotopic (exact) mass is 295 g/mol. The lowest BCUT2D eigenvalue weighted by Gasteiger charge is -2.20. The summed E-state index contributed by atoms with van der Waals surface area (Å²) in [5, 5.41) is 3.50. The molecule has 1 unspecified atom stereocenters. The van der Waals surface area contributed by atoms with Crippen molar-refractivity contribution in [2.45, 2.75) is 19.9 Å². The van der Waals surface area contributed by atoms with Gasteiger partial charge in [-0.3, -0.25) is 0 Å². The minimum atomic E-state index is 0.130. The molecule has 0 saturated heterocycles. The fourth-order valence-corrected chi connectivity index (χ4v) is 3.21. The molecule has 0 spiro atoms. The molecule has 0 radical (unpaired) electrons. The largest absolute Gasteiger partial charge is 0.494 e. The maximum atomic E-state index is 6.05. The molecule has 2 rings (SSSR count). The molecule has 1 N–H and O–H groups in total. The van der Waals surface area contributed by atoms with Gasteiger partial charge in [0.2, 0.25) is 0 Å². The molecule has 19 heavy (non-hydrogen) atoms. The van der Waals surface area contributed by atoms with Gasteiger partial charge in [-0.1, -0.05) is 36.7 Å². The van der Waals surface area contributed by atoms with Crippen LogP contribution < -0.4 is 10.1 Å². The smallest absolute Gasteiger partial charge is 0.124 e. The summed E-state index contributed by atoms with van der Waals surface area (Å²) in [6, 6.07) is 12.3. The SMILES string of the molecule is CCNC(c1ccc(Cl)s1)c1ccccc1OCC. The molecule has 0 fully saturated rings. The molecular formula is C15H18ClNOS. The molecule has 0 aliphatic carbocycles. The summed E-state index contributed by atoms with van der Waals surface area (Å²) in [5.41, 5.74) is 1.16. The van der Waals surface area contributed by atoms with E-state index in [1.54, 1.807) is 11.3 Å². The van der Waals surface area contributed by atoms with E-state index in [-0.39, 0.29) is 6.04 Å². The van der Waals surface area contributed by atoms with Crippen LogP contribution in [0, 0.1) is 0 Å². The van der Waals surface area contributed by atoms with Crippen molar-refractivity contribution in [1.29, 1.82) is 0 Å². The first-order valence-electron chi connectivity index (χ1n) is 6.46. The summed E-state index contributed by atoms with van der Waals surface area (Å²) in [7, 11) is 0. The fraction of sp³-hybridized carbons (Fsp3) is 0.333. The second-order valence-electron chi connectivity index (χ2n) is 4.10. The van der Waals surface area contributed by atoms with Gasteiger partial charge in [-0.05, 0) is 31.7 Å². The van der Waals surface area contributed by atoms with Gasteiger partial charge in [-0.2, -0.15) is 0 Å². The molecule has 2 aromatic rings. The molecule has 2 nitrogen and oxygen atoms in total. The molecule has 1 heterocycles. The Morgan fingerprint density at radius 2 is 2.00 bits per heavy atom. The van der Waals surface area contributed by atoms with Crippen molar-refractivity contribution >= 4 is 22.9 Å². The zero-order chi connectivity index (χ0) is 13.7. The van der Waals surface area contributed by atoms with Gasteiger partial charge in [0, 0.05) is 10.4 Å². The Labute approximate surface area is 123 Å². The number of halogens is 1. The van der Waals surface area contributed by atoms with Crippen LogP contribution in [0.2, 0.25) is 4.34 Å². The van der Waals surface area contributed by atoms with Gasteiger partial charge in [0.25, 0.3) is 0 Å². The number of thiophene rings is 1. The molecular weight excluding hydrogens is 278 g/mol. The molecule has 0 aliphatic heterocycles. The molecule has 0 aliphatic rings. The van der Waals surface area contributed by atoms with Crippen molar-refractivity contribution in [2.24, 2.45) is 0 Å². The molecule has 1 aromatic heterocycles. The minimum absolute atomic E-state index is 0.130. The van der Waals surface area contributed by atoms with E-state index < -0.39 is 0 Å². The first-order valence-corrected chi connectivity index (χ1v) is 7.66. The number of benzene rings is 1. The summed E-state index contributed by atoms with van der Waals surface area (Å²) in [6.07, 6.45) is 0. The molecule has 4 heteroatoms. The number of rotatable bonds is 6. The van der Waals surface area contributed by atoms with Crippen LogP contribution >= 0.6 is 22.9 Å². The number of para-hydroxylation sites is 1. The zero-order valence-corrected chi connectivity index (χ0v) is 12.7. The summed E-state index contributed by atoms with van der Waals surface area (Å²) in [5.74, 6) is 0.931. The Bertz CT molecular complexity index is 526. The lowest BCUT2D eigenvalue weighted by Crippen LogP contribution is -2.21. The van der Waals surface area contributed by atoms with Gasteiger partial charge in [0.15, 0.2) is 0 Å².